The van der Waals surface area contributed by atoms with Crippen molar-refractivity contribution < 1.29 is 13.9 Å². The zero-order valence-corrected chi connectivity index (χ0v) is 22.3. The molecule has 204 valence electrons. The molecule has 1 unspecified atom stereocenters. The van der Waals surface area contributed by atoms with E-state index in [1.165, 1.54) is 17.7 Å². The monoisotopic (exact) mass is 540 g/mol. The van der Waals surface area contributed by atoms with Crippen LogP contribution < -0.4 is 15.0 Å². The number of aromatic nitrogens is 5. The molecule has 10 heteroatoms. The Morgan fingerprint density at radius 2 is 1.73 bits per heavy atom. The van der Waals surface area contributed by atoms with Crippen LogP contribution in [0.25, 0.3) is 10.9 Å². The van der Waals surface area contributed by atoms with Crippen LogP contribution in [0, 0.1) is 12.7 Å². The second-order valence-corrected chi connectivity index (χ2v) is 10.1. The highest BCUT2D eigenvalue weighted by molar-refractivity contribution is 5.83. The molecule has 0 bridgehead atoms. The maximum Gasteiger partial charge on any atom is 0.252 e. The summed E-state index contributed by atoms with van der Waals surface area (Å²) in [6.45, 7) is 5.66. The van der Waals surface area contributed by atoms with Gasteiger partial charge < -0.3 is 14.5 Å². The maximum absolute atomic E-state index is 13.5. The van der Waals surface area contributed by atoms with Crippen LogP contribution in [0.4, 0.5) is 4.39 Å². The maximum atomic E-state index is 13.5. The van der Waals surface area contributed by atoms with E-state index in [2.05, 4.69) is 63.5 Å². The van der Waals surface area contributed by atoms with Crippen LogP contribution in [0.1, 0.15) is 47.5 Å². The minimum absolute atomic E-state index is 0.165. The fraction of sp³-hybridized carbons (Fsp3) is 0.267. The average Bonchev–Trinajstić information content (AvgIpc) is 3.60. The lowest BCUT2D eigenvalue weighted by atomic mass is 10.1. The van der Waals surface area contributed by atoms with Gasteiger partial charge in [0.15, 0.2) is 17.3 Å². The SMILES string of the molecule is CCC(c1nnnn1Cc1ccc(F)cc1)N(Cc1ccc(C)cc1)Cc1cc2cc3c(cc2[nH]c1=O)OCO3. The van der Waals surface area contributed by atoms with Gasteiger partial charge in [0.05, 0.1) is 18.1 Å². The minimum Gasteiger partial charge on any atom is -0.454 e. The molecule has 0 fully saturated rings. The minimum atomic E-state index is -0.291. The predicted octanol–water partition coefficient (Wildman–Crippen LogP) is 4.89. The summed E-state index contributed by atoms with van der Waals surface area (Å²) in [6, 6.07) is 20.1. The van der Waals surface area contributed by atoms with E-state index in [1.807, 2.05) is 12.1 Å². The molecule has 0 aliphatic carbocycles. The van der Waals surface area contributed by atoms with Crippen LogP contribution in [0.3, 0.4) is 0 Å². The van der Waals surface area contributed by atoms with Crippen molar-refractivity contribution in [3.8, 4) is 11.5 Å². The molecular formula is C30H29FN6O3. The standard InChI is InChI=1S/C30H29FN6O3/c1-3-26(29-33-34-35-37(29)16-21-8-10-24(31)11-9-21)36(15-20-6-4-19(2)5-7-20)17-23-12-22-13-27-28(40-18-39-27)14-25(22)32-30(23)38/h4-14,26H,3,15-18H2,1-2H3,(H,32,38). The molecule has 40 heavy (non-hydrogen) atoms. The highest BCUT2D eigenvalue weighted by Crippen LogP contribution is 2.35. The van der Waals surface area contributed by atoms with E-state index >= 15 is 0 Å². The number of rotatable bonds is 9. The molecule has 0 saturated carbocycles. The van der Waals surface area contributed by atoms with Crippen molar-refractivity contribution in [1.29, 1.82) is 0 Å². The molecule has 2 aromatic heterocycles. The zero-order chi connectivity index (χ0) is 27.6. The van der Waals surface area contributed by atoms with Gasteiger partial charge in [0, 0.05) is 30.1 Å². The van der Waals surface area contributed by atoms with Crippen LogP contribution in [0.5, 0.6) is 11.5 Å². The number of fused-ring (bicyclic) bond motifs is 2. The Balaban J connectivity index is 1.36. The summed E-state index contributed by atoms with van der Waals surface area (Å²) in [7, 11) is 0. The zero-order valence-electron chi connectivity index (χ0n) is 22.3. The number of hydrogen-bond donors (Lipinski definition) is 1. The van der Waals surface area contributed by atoms with Gasteiger partial charge in [0.2, 0.25) is 6.79 Å². The summed E-state index contributed by atoms with van der Waals surface area (Å²) in [5.41, 5.74) is 4.32. The van der Waals surface area contributed by atoms with Gasteiger partial charge >= 0.3 is 0 Å². The number of halogens is 1. The topological polar surface area (TPSA) is 98.2 Å². The van der Waals surface area contributed by atoms with Crippen LogP contribution in [0.2, 0.25) is 0 Å². The van der Waals surface area contributed by atoms with Gasteiger partial charge in [-0.3, -0.25) is 9.69 Å². The largest absolute Gasteiger partial charge is 0.454 e. The first-order valence-electron chi connectivity index (χ1n) is 13.2. The number of tetrazole rings is 1. The number of hydrogen-bond acceptors (Lipinski definition) is 7. The fourth-order valence-corrected chi connectivity index (χ4v) is 5.11. The van der Waals surface area contributed by atoms with Gasteiger partial charge in [0.25, 0.3) is 5.56 Å². The van der Waals surface area contributed by atoms with Gasteiger partial charge in [-0.05, 0) is 59.2 Å². The smallest absolute Gasteiger partial charge is 0.252 e. The molecule has 0 spiro atoms. The summed E-state index contributed by atoms with van der Waals surface area (Å²) < 4.78 is 26.2. The molecule has 1 atom stereocenters. The van der Waals surface area contributed by atoms with Crippen LogP contribution in [0.15, 0.2) is 71.5 Å². The van der Waals surface area contributed by atoms with Gasteiger partial charge in [-0.15, -0.1) is 5.10 Å². The first-order chi connectivity index (χ1) is 19.5. The van der Waals surface area contributed by atoms with E-state index in [1.54, 1.807) is 22.9 Å². The van der Waals surface area contributed by atoms with Crippen molar-refractivity contribution in [3.05, 3.63) is 111 Å². The van der Waals surface area contributed by atoms with Crippen LogP contribution >= 0.6 is 0 Å². The third-order valence-corrected chi connectivity index (χ3v) is 7.22. The molecule has 5 aromatic rings. The summed E-state index contributed by atoms with van der Waals surface area (Å²) in [5.74, 6) is 1.67. The average molecular weight is 541 g/mol. The molecule has 3 heterocycles. The second kappa shape index (κ2) is 10.9. The molecule has 6 rings (SSSR count). The van der Waals surface area contributed by atoms with E-state index in [0.717, 1.165) is 16.5 Å². The van der Waals surface area contributed by atoms with Gasteiger partial charge in [-0.2, -0.15) is 0 Å². The van der Waals surface area contributed by atoms with Crippen LogP contribution in [-0.4, -0.2) is 36.9 Å². The Kier molecular flexibility index (Phi) is 7.00. The molecule has 0 radical (unpaired) electrons. The molecule has 0 amide bonds. The van der Waals surface area contributed by atoms with Crippen molar-refractivity contribution in [2.24, 2.45) is 0 Å². The first kappa shape index (κ1) is 25.7. The lowest BCUT2D eigenvalue weighted by Gasteiger charge is -2.30. The first-order valence-corrected chi connectivity index (χ1v) is 13.2. The Morgan fingerprint density at radius 1 is 1.00 bits per heavy atom. The van der Waals surface area contributed by atoms with Crippen molar-refractivity contribution in [2.75, 3.05) is 6.79 Å². The third kappa shape index (κ3) is 5.30. The Hall–Kier alpha value is -4.57. The summed E-state index contributed by atoms with van der Waals surface area (Å²) in [4.78, 5) is 18.5. The number of benzene rings is 3. The lowest BCUT2D eigenvalue weighted by molar-refractivity contribution is 0.161. The Labute approximate surface area is 230 Å². The number of aromatic amines is 1. The number of nitrogens with zero attached hydrogens (tertiary/aromatic N) is 5. The van der Waals surface area contributed by atoms with Crippen molar-refractivity contribution in [1.82, 2.24) is 30.1 Å². The van der Waals surface area contributed by atoms with E-state index < -0.39 is 0 Å². The third-order valence-electron chi connectivity index (χ3n) is 7.22. The Morgan fingerprint density at radius 3 is 2.48 bits per heavy atom. The highest BCUT2D eigenvalue weighted by Gasteiger charge is 2.26. The summed E-state index contributed by atoms with van der Waals surface area (Å²) >= 11 is 0. The molecule has 1 aliphatic rings. The number of H-pyrrole nitrogens is 1. The van der Waals surface area contributed by atoms with E-state index in [0.29, 0.717) is 54.5 Å². The van der Waals surface area contributed by atoms with Crippen LogP contribution in [-0.2, 0) is 19.6 Å². The highest BCUT2D eigenvalue weighted by atomic mass is 19.1. The fourth-order valence-electron chi connectivity index (χ4n) is 5.11. The number of pyridine rings is 1. The number of ether oxygens (including phenoxy) is 2. The molecule has 1 aliphatic heterocycles. The van der Waals surface area contributed by atoms with Gasteiger partial charge in [0.1, 0.15) is 5.82 Å². The van der Waals surface area contributed by atoms with Crippen molar-refractivity contribution in [3.63, 3.8) is 0 Å². The molecular weight excluding hydrogens is 511 g/mol. The quantitative estimate of drug-likeness (QED) is 0.284. The number of nitrogens with one attached hydrogen (secondary N) is 1. The van der Waals surface area contributed by atoms with Gasteiger partial charge in [-0.1, -0.05) is 48.9 Å². The number of aryl methyl sites for hydroxylation is 1. The second-order valence-electron chi connectivity index (χ2n) is 10.1. The van der Waals surface area contributed by atoms with Crippen molar-refractivity contribution in [2.45, 2.75) is 45.9 Å². The Bertz CT molecular complexity index is 1700. The predicted molar refractivity (Wildman–Crippen MR) is 147 cm³/mol. The molecule has 0 saturated heterocycles. The van der Waals surface area contributed by atoms with E-state index in [-0.39, 0.29) is 24.2 Å². The molecule has 3 aromatic carbocycles. The molecule has 9 nitrogen and oxygen atoms in total. The summed E-state index contributed by atoms with van der Waals surface area (Å²) in [5, 5.41) is 13.5. The normalized spacial score (nSPS) is 13.3. The lowest BCUT2D eigenvalue weighted by Crippen LogP contribution is -2.32. The van der Waals surface area contributed by atoms with Gasteiger partial charge in [-0.25, -0.2) is 9.07 Å². The molecule has 1 N–H and O–H groups in total. The van der Waals surface area contributed by atoms with Crippen molar-refractivity contribution >= 4 is 10.9 Å². The summed E-state index contributed by atoms with van der Waals surface area (Å²) in [6.07, 6.45) is 0.708. The van der Waals surface area contributed by atoms with E-state index in [9.17, 15) is 9.18 Å². The van der Waals surface area contributed by atoms with E-state index in [4.69, 9.17) is 9.47 Å².